The van der Waals surface area contributed by atoms with E-state index in [2.05, 4.69) is 18.3 Å². The van der Waals surface area contributed by atoms with Crippen molar-refractivity contribution in [2.24, 2.45) is 0 Å². The number of rotatable bonds is 4. The molecule has 2 rings (SSSR count). The second-order valence-electron chi connectivity index (χ2n) is 3.92. The van der Waals surface area contributed by atoms with Gasteiger partial charge in [0.15, 0.2) is 5.65 Å². The Kier molecular flexibility index (Phi) is 3.52. The third kappa shape index (κ3) is 4.03. The highest BCUT2D eigenvalue weighted by Gasteiger charge is 2.10. The van der Waals surface area contributed by atoms with Crippen LogP contribution in [-0.2, 0) is 20.2 Å². The molecule has 0 atom stereocenters. The fourth-order valence-electron chi connectivity index (χ4n) is 1.37. The molecule has 0 unspecified atom stereocenters. The number of aromatic nitrogens is 2. The summed E-state index contributed by atoms with van der Waals surface area (Å²) in [6.07, 6.45) is 1.77. The van der Waals surface area contributed by atoms with Crippen molar-refractivity contribution in [2.75, 3.05) is 12.5 Å². The van der Waals surface area contributed by atoms with Crippen molar-refractivity contribution >= 4 is 31.3 Å². The summed E-state index contributed by atoms with van der Waals surface area (Å²) >= 11 is 0. The molecule has 0 bridgehead atoms. The minimum absolute atomic E-state index is 0.104. The number of hydrogen-bond donors (Lipinski definition) is 0. The molecule has 108 valence electrons. The van der Waals surface area contributed by atoms with Crippen LogP contribution in [0.5, 0.6) is 11.8 Å². The zero-order valence-electron chi connectivity index (χ0n) is 10.5. The number of fused-ring (bicyclic) bond motifs is 1. The Balaban J connectivity index is 2.44. The standard InChI is InChI=1S/C10H10N2O6S2/c1-19(13,14)17-8-5-3-7-4-6-9(12-10(7)11-8)18-20(2,15)16/h3-6H,1-2H3. The molecule has 8 nitrogen and oxygen atoms in total. The summed E-state index contributed by atoms with van der Waals surface area (Å²) in [5.41, 5.74) is 0.104. The molecule has 0 saturated carbocycles. The van der Waals surface area contributed by atoms with E-state index in [0.717, 1.165) is 12.5 Å². The van der Waals surface area contributed by atoms with Gasteiger partial charge in [0.1, 0.15) is 0 Å². The zero-order valence-corrected chi connectivity index (χ0v) is 12.1. The summed E-state index contributed by atoms with van der Waals surface area (Å²) < 4.78 is 53.2. The lowest BCUT2D eigenvalue weighted by molar-refractivity contribution is 0.482. The van der Waals surface area contributed by atoms with Crippen molar-refractivity contribution in [3.63, 3.8) is 0 Å². The molecule has 20 heavy (non-hydrogen) atoms. The van der Waals surface area contributed by atoms with E-state index in [0.29, 0.717) is 5.39 Å². The van der Waals surface area contributed by atoms with Crippen LogP contribution in [0.4, 0.5) is 0 Å². The first kappa shape index (κ1) is 14.5. The average Bonchev–Trinajstić information content (AvgIpc) is 2.23. The molecule has 0 aliphatic rings. The summed E-state index contributed by atoms with van der Waals surface area (Å²) in [6.45, 7) is 0. The zero-order chi connectivity index (χ0) is 15.0. The predicted octanol–water partition coefficient (Wildman–Crippen LogP) is 0.307. The first-order valence-corrected chi connectivity index (χ1v) is 8.82. The monoisotopic (exact) mass is 318 g/mol. The first-order chi connectivity index (χ1) is 9.12. The van der Waals surface area contributed by atoms with E-state index in [9.17, 15) is 16.8 Å². The van der Waals surface area contributed by atoms with E-state index in [4.69, 9.17) is 0 Å². The second-order valence-corrected chi connectivity index (χ2v) is 7.07. The third-order valence-electron chi connectivity index (χ3n) is 1.97. The Morgan fingerprint density at radius 3 is 1.55 bits per heavy atom. The topological polar surface area (TPSA) is 113 Å². The molecule has 2 aromatic rings. The van der Waals surface area contributed by atoms with Gasteiger partial charge in [0.05, 0.1) is 12.5 Å². The van der Waals surface area contributed by atoms with Crippen LogP contribution in [0.15, 0.2) is 24.3 Å². The average molecular weight is 318 g/mol. The van der Waals surface area contributed by atoms with Crippen molar-refractivity contribution in [1.29, 1.82) is 0 Å². The Labute approximate surface area is 115 Å². The molecule has 0 spiro atoms. The molecule has 0 saturated heterocycles. The second kappa shape index (κ2) is 4.87. The van der Waals surface area contributed by atoms with Gasteiger partial charge in [-0.2, -0.15) is 26.8 Å². The lowest BCUT2D eigenvalue weighted by Gasteiger charge is -2.05. The van der Waals surface area contributed by atoms with Crippen LogP contribution in [0.2, 0.25) is 0 Å². The minimum Gasteiger partial charge on any atom is -0.362 e. The van der Waals surface area contributed by atoms with Crippen molar-refractivity contribution in [1.82, 2.24) is 9.97 Å². The van der Waals surface area contributed by atoms with Crippen molar-refractivity contribution < 1.29 is 25.2 Å². The predicted molar refractivity (Wildman–Crippen MR) is 70.5 cm³/mol. The maximum Gasteiger partial charge on any atom is 0.307 e. The van der Waals surface area contributed by atoms with Crippen LogP contribution in [0.25, 0.3) is 11.0 Å². The fourth-order valence-corrected chi connectivity index (χ4v) is 2.17. The highest BCUT2D eigenvalue weighted by atomic mass is 32.2. The van der Waals surface area contributed by atoms with Gasteiger partial charge < -0.3 is 8.37 Å². The van der Waals surface area contributed by atoms with Crippen LogP contribution in [-0.4, -0.2) is 39.3 Å². The van der Waals surface area contributed by atoms with Crippen molar-refractivity contribution in [3.8, 4) is 11.8 Å². The van der Waals surface area contributed by atoms with Gasteiger partial charge in [-0.3, -0.25) is 0 Å². The smallest absolute Gasteiger partial charge is 0.307 e. The molecule has 0 aromatic carbocycles. The van der Waals surface area contributed by atoms with Crippen LogP contribution in [0.3, 0.4) is 0 Å². The molecule has 0 fully saturated rings. The maximum atomic E-state index is 11.0. The Morgan fingerprint density at radius 2 is 1.20 bits per heavy atom. The van der Waals surface area contributed by atoms with E-state index in [1.807, 2.05) is 0 Å². The summed E-state index contributed by atoms with van der Waals surface area (Å²) in [7, 11) is -7.40. The van der Waals surface area contributed by atoms with Crippen LogP contribution < -0.4 is 8.37 Å². The van der Waals surface area contributed by atoms with Gasteiger partial charge in [-0.25, -0.2) is 0 Å². The molecular formula is C10H10N2O6S2. The molecule has 0 aliphatic carbocycles. The lowest BCUT2D eigenvalue weighted by Crippen LogP contribution is -2.08. The summed E-state index contributed by atoms with van der Waals surface area (Å²) in [5.74, 6) is -0.326. The number of hydrogen-bond acceptors (Lipinski definition) is 8. The Morgan fingerprint density at radius 1 is 0.800 bits per heavy atom. The summed E-state index contributed by atoms with van der Waals surface area (Å²) in [5, 5.41) is 0.576. The summed E-state index contributed by atoms with van der Waals surface area (Å²) in [6, 6.07) is 5.81. The molecule has 0 aliphatic heterocycles. The Hall–Kier alpha value is -1.94. The van der Waals surface area contributed by atoms with Gasteiger partial charge in [0, 0.05) is 17.5 Å². The fraction of sp³-hybridized carbons (Fsp3) is 0.200. The van der Waals surface area contributed by atoms with Gasteiger partial charge in [-0.1, -0.05) is 0 Å². The lowest BCUT2D eigenvalue weighted by atomic mass is 10.3. The minimum atomic E-state index is -3.70. The third-order valence-corrected chi connectivity index (χ3v) is 2.92. The highest BCUT2D eigenvalue weighted by molar-refractivity contribution is 7.86. The normalized spacial score (nSPS) is 12.3. The number of nitrogens with zero attached hydrogens (tertiary/aromatic N) is 2. The quantitative estimate of drug-likeness (QED) is 0.740. The highest BCUT2D eigenvalue weighted by Crippen LogP contribution is 2.19. The van der Waals surface area contributed by atoms with Gasteiger partial charge in [0.2, 0.25) is 11.8 Å². The molecular weight excluding hydrogens is 308 g/mol. The van der Waals surface area contributed by atoms with Gasteiger partial charge >= 0.3 is 20.2 Å². The first-order valence-electron chi connectivity index (χ1n) is 5.19. The Bertz CT molecular complexity index is 792. The molecule has 0 amide bonds. The van der Waals surface area contributed by atoms with E-state index in [-0.39, 0.29) is 17.4 Å². The van der Waals surface area contributed by atoms with E-state index >= 15 is 0 Å². The molecule has 0 N–H and O–H groups in total. The van der Waals surface area contributed by atoms with E-state index < -0.39 is 20.2 Å². The SMILES string of the molecule is CS(=O)(=O)Oc1ccc2ccc(OS(C)(=O)=O)nc2n1. The van der Waals surface area contributed by atoms with Crippen LogP contribution in [0.1, 0.15) is 0 Å². The van der Waals surface area contributed by atoms with E-state index in [1.54, 1.807) is 12.1 Å². The van der Waals surface area contributed by atoms with Gasteiger partial charge in [0.25, 0.3) is 0 Å². The maximum absolute atomic E-state index is 11.0. The molecule has 2 heterocycles. The van der Waals surface area contributed by atoms with Crippen LogP contribution >= 0.6 is 0 Å². The van der Waals surface area contributed by atoms with E-state index in [1.165, 1.54) is 12.1 Å². The van der Waals surface area contributed by atoms with Crippen molar-refractivity contribution in [2.45, 2.75) is 0 Å². The molecule has 2 aromatic heterocycles. The van der Waals surface area contributed by atoms with Gasteiger partial charge in [-0.05, 0) is 12.1 Å². The van der Waals surface area contributed by atoms with Crippen LogP contribution in [0, 0.1) is 0 Å². The molecule has 0 radical (unpaired) electrons. The van der Waals surface area contributed by atoms with Gasteiger partial charge in [-0.15, -0.1) is 0 Å². The molecule has 10 heteroatoms. The largest absolute Gasteiger partial charge is 0.362 e. The number of pyridine rings is 2. The summed E-state index contributed by atoms with van der Waals surface area (Å²) in [4.78, 5) is 7.73. The van der Waals surface area contributed by atoms with Crippen molar-refractivity contribution in [3.05, 3.63) is 24.3 Å².